The molecular weight excluding hydrogens is 598 g/mol. The van der Waals surface area contributed by atoms with Gasteiger partial charge < -0.3 is 4.74 Å². The van der Waals surface area contributed by atoms with E-state index < -0.39 is 0 Å². The Morgan fingerprint density at radius 3 is 2.58 bits per heavy atom. The number of benzene rings is 2. The molecule has 0 aliphatic heterocycles. The van der Waals surface area contributed by atoms with Crippen LogP contribution in [0.15, 0.2) is 46.4 Å². The van der Waals surface area contributed by atoms with E-state index in [4.69, 9.17) is 22.8 Å². The first kappa shape index (κ1) is 21.3. The van der Waals surface area contributed by atoms with Crippen molar-refractivity contribution in [3.05, 3.63) is 54.1 Å². The molecule has 0 unspecified atom stereocenters. The van der Waals surface area contributed by atoms with E-state index in [1.807, 2.05) is 24.3 Å². The van der Waals surface area contributed by atoms with E-state index >= 15 is 0 Å². The molecule has 0 saturated heterocycles. The van der Waals surface area contributed by atoms with E-state index in [-0.39, 0.29) is 18.3 Å². The summed E-state index contributed by atoms with van der Waals surface area (Å²) in [5, 5.41) is 4.67. The van der Waals surface area contributed by atoms with Gasteiger partial charge in [0.2, 0.25) is 5.91 Å². The average molecular weight is 611 g/mol. The van der Waals surface area contributed by atoms with Crippen LogP contribution in [0.4, 0.5) is 0 Å². The molecule has 2 aromatic rings. The van der Waals surface area contributed by atoms with Crippen LogP contribution in [0.5, 0.6) is 5.75 Å². The number of hydrazone groups is 1. The summed E-state index contributed by atoms with van der Waals surface area (Å²) in [6, 6.07) is 11.1. The van der Waals surface area contributed by atoms with Crippen LogP contribution in [0, 0.1) is 19.5 Å². The van der Waals surface area contributed by atoms with E-state index in [0.717, 1.165) is 23.3 Å². The van der Waals surface area contributed by atoms with Crippen molar-refractivity contribution >= 4 is 80.7 Å². The summed E-state index contributed by atoms with van der Waals surface area (Å²) >= 11 is 11.6. The Morgan fingerprint density at radius 1 is 1.31 bits per heavy atom. The molecule has 0 heterocycles. The van der Waals surface area contributed by atoms with Gasteiger partial charge in [0.15, 0.2) is 0 Å². The van der Waals surface area contributed by atoms with E-state index in [0.29, 0.717) is 5.02 Å². The van der Waals surface area contributed by atoms with Crippen molar-refractivity contribution in [3.63, 3.8) is 0 Å². The van der Waals surface area contributed by atoms with Crippen LogP contribution in [-0.2, 0) is 4.79 Å². The largest absolute Gasteiger partial charge is 0.479 e. The van der Waals surface area contributed by atoms with Gasteiger partial charge in [0.05, 0.1) is 19.1 Å². The summed E-state index contributed by atoms with van der Waals surface area (Å²) in [6.07, 6.45) is 6.82. The molecule has 2 aromatic carbocycles. The van der Waals surface area contributed by atoms with Crippen LogP contribution in [0.1, 0.15) is 5.56 Å². The molecule has 1 amide bonds. The van der Waals surface area contributed by atoms with E-state index in [1.54, 1.807) is 18.3 Å². The quantitative estimate of drug-likeness (QED) is 0.161. The fourth-order valence-electron chi connectivity index (χ4n) is 1.80. The topological polar surface area (TPSA) is 50.7 Å². The highest BCUT2D eigenvalue weighted by Crippen LogP contribution is 2.28. The fraction of sp³-hybridized carbons (Fsp3) is 0.111. The third-order valence-electron chi connectivity index (χ3n) is 2.91. The molecule has 0 atom stereocenters. The van der Waals surface area contributed by atoms with Gasteiger partial charge in [-0.15, -0.1) is 18.2 Å². The smallest absolute Gasteiger partial charge is 0.250 e. The van der Waals surface area contributed by atoms with Crippen LogP contribution >= 0.6 is 68.5 Å². The van der Waals surface area contributed by atoms with Crippen molar-refractivity contribution in [3.8, 4) is 18.1 Å². The number of thioether (sulfide) groups is 1. The number of ether oxygens (including phenoxy) is 1. The fourth-order valence-corrected chi connectivity index (χ4v) is 4.74. The van der Waals surface area contributed by atoms with E-state index in [2.05, 4.69) is 61.6 Å². The Bertz CT molecular complexity index is 828. The van der Waals surface area contributed by atoms with Crippen LogP contribution in [-0.4, -0.2) is 24.5 Å². The molecule has 1 N–H and O–H groups in total. The predicted molar refractivity (Wildman–Crippen MR) is 124 cm³/mol. The number of carbonyl (C=O) groups excluding carboxylic acids is 1. The SMILES string of the molecule is C#CCOc1c(I)cc(/C=N\NC(=O)CSc2ccc(Cl)cc2)cc1I. The highest BCUT2D eigenvalue weighted by Gasteiger charge is 2.08. The maximum atomic E-state index is 11.9. The zero-order valence-corrected chi connectivity index (χ0v) is 19.2. The minimum atomic E-state index is -0.181. The first-order chi connectivity index (χ1) is 12.5. The van der Waals surface area contributed by atoms with Gasteiger partial charge >= 0.3 is 0 Å². The molecule has 8 heteroatoms. The minimum absolute atomic E-state index is 0.181. The number of rotatable bonds is 7. The molecule has 26 heavy (non-hydrogen) atoms. The maximum Gasteiger partial charge on any atom is 0.250 e. The number of halogens is 3. The van der Waals surface area contributed by atoms with Crippen LogP contribution < -0.4 is 10.2 Å². The lowest BCUT2D eigenvalue weighted by Crippen LogP contribution is -2.19. The molecule has 0 aromatic heterocycles. The van der Waals surface area contributed by atoms with Gasteiger partial charge in [0, 0.05) is 9.92 Å². The summed E-state index contributed by atoms with van der Waals surface area (Å²) in [7, 11) is 0. The highest BCUT2D eigenvalue weighted by molar-refractivity contribution is 14.1. The first-order valence-electron chi connectivity index (χ1n) is 7.25. The number of carbonyl (C=O) groups is 1. The van der Waals surface area contributed by atoms with Crippen molar-refractivity contribution in [2.75, 3.05) is 12.4 Å². The Balaban J connectivity index is 1.88. The average Bonchev–Trinajstić information content (AvgIpc) is 2.60. The standard InChI is InChI=1S/C18H13ClI2N2O2S/c1-2-7-25-18-15(20)8-12(9-16(18)21)10-22-23-17(24)11-26-14-5-3-13(19)4-6-14/h1,3-6,8-10H,7,11H2,(H,23,24)/b22-10-. The van der Waals surface area contributed by atoms with Crippen LogP contribution in [0.3, 0.4) is 0 Å². The second-order valence-corrected chi connectivity index (χ2v) is 8.65. The molecule has 0 bridgehead atoms. The highest BCUT2D eigenvalue weighted by atomic mass is 127. The van der Waals surface area contributed by atoms with Crippen molar-refractivity contribution < 1.29 is 9.53 Å². The number of hydrogen-bond acceptors (Lipinski definition) is 4. The molecular formula is C18H13ClI2N2O2S. The van der Waals surface area contributed by atoms with E-state index in [9.17, 15) is 4.79 Å². The second-order valence-electron chi connectivity index (χ2n) is 4.84. The Morgan fingerprint density at radius 2 is 1.96 bits per heavy atom. The van der Waals surface area contributed by atoms with Crippen LogP contribution in [0.2, 0.25) is 5.02 Å². The summed E-state index contributed by atoms with van der Waals surface area (Å²) in [4.78, 5) is 12.8. The summed E-state index contributed by atoms with van der Waals surface area (Å²) in [6.45, 7) is 0.223. The van der Waals surface area contributed by atoms with Gasteiger partial charge in [-0.2, -0.15) is 5.10 Å². The second kappa shape index (κ2) is 11.0. The van der Waals surface area contributed by atoms with Crippen molar-refractivity contribution in [2.45, 2.75) is 4.90 Å². The van der Waals surface area contributed by atoms with Crippen LogP contribution in [0.25, 0.3) is 0 Å². The number of hydrogen-bond donors (Lipinski definition) is 1. The van der Waals surface area contributed by atoms with Gasteiger partial charge in [-0.3, -0.25) is 4.79 Å². The molecule has 134 valence electrons. The Hall–Kier alpha value is -0.960. The molecule has 0 aliphatic carbocycles. The molecule has 0 aliphatic rings. The molecule has 2 rings (SSSR count). The van der Waals surface area contributed by atoms with Gasteiger partial charge in [-0.05, 0) is 87.1 Å². The Labute approximate surface area is 188 Å². The normalized spacial score (nSPS) is 10.5. The zero-order chi connectivity index (χ0) is 18.9. The molecule has 0 fully saturated rings. The summed E-state index contributed by atoms with van der Waals surface area (Å²) < 4.78 is 7.37. The predicted octanol–water partition coefficient (Wildman–Crippen LogP) is 4.80. The maximum absolute atomic E-state index is 11.9. The summed E-state index contributed by atoms with van der Waals surface area (Å²) in [5.74, 6) is 3.29. The van der Waals surface area contributed by atoms with Gasteiger partial charge in [-0.25, -0.2) is 5.43 Å². The zero-order valence-electron chi connectivity index (χ0n) is 13.3. The lowest BCUT2D eigenvalue weighted by atomic mass is 10.2. The molecule has 0 saturated carbocycles. The Kier molecular flexibility index (Phi) is 9.04. The summed E-state index contributed by atoms with van der Waals surface area (Å²) in [5.41, 5.74) is 3.38. The number of nitrogens with one attached hydrogen (secondary N) is 1. The lowest BCUT2D eigenvalue weighted by molar-refractivity contribution is -0.118. The van der Waals surface area contributed by atoms with E-state index in [1.165, 1.54) is 11.8 Å². The number of amides is 1. The minimum Gasteiger partial charge on any atom is -0.479 e. The van der Waals surface area contributed by atoms with Crippen molar-refractivity contribution in [1.82, 2.24) is 5.43 Å². The monoisotopic (exact) mass is 610 g/mol. The molecule has 0 spiro atoms. The number of nitrogens with zero attached hydrogens (tertiary/aromatic N) is 1. The molecule has 0 radical (unpaired) electrons. The third-order valence-corrected chi connectivity index (χ3v) is 5.77. The van der Waals surface area contributed by atoms with Gasteiger partial charge in [-0.1, -0.05) is 17.5 Å². The number of terminal acetylenes is 1. The van der Waals surface area contributed by atoms with Crippen molar-refractivity contribution in [1.29, 1.82) is 0 Å². The van der Waals surface area contributed by atoms with Crippen molar-refractivity contribution in [2.24, 2.45) is 5.10 Å². The lowest BCUT2D eigenvalue weighted by Gasteiger charge is -2.08. The van der Waals surface area contributed by atoms with Gasteiger partial charge in [0.1, 0.15) is 12.4 Å². The third kappa shape index (κ3) is 6.98. The molecule has 4 nitrogen and oxygen atoms in total. The first-order valence-corrected chi connectivity index (χ1v) is 10.8. The van der Waals surface area contributed by atoms with Gasteiger partial charge in [0.25, 0.3) is 0 Å².